The van der Waals surface area contributed by atoms with E-state index in [9.17, 15) is 0 Å². The number of hydrogen-bond acceptors (Lipinski definition) is 5. The van der Waals surface area contributed by atoms with Crippen LogP contribution in [0.15, 0.2) is 4.52 Å². The molecule has 0 spiro atoms. The summed E-state index contributed by atoms with van der Waals surface area (Å²) in [6.07, 6.45) is 1.13. The highest BCUT2D eigenvalue weighted by Crippen LogP contribution is 2.24. The standard InChI is InChI=1S/C10H18N4O/c1-7(11-2)10-12-9(13-15-10)8-4-5-14(3)6-8/h7-8,11H,4-6H2,1-3H3. The van der Waals surface area contributed by atoms with E-state index in [0.29, 0.717) is 11.8 Å². The molecule has 2 unspecified atom stereocenters. The number of nitrogens with zero attached hydrogens (tertiary/aromatic N) is 3. The first-order chi connectivity index (χ1) is 7.20. The van der Waals surface area contributed by atoms with Gasteiger partial charge in [0.2, 0.25) is 5.89 Å². The molecule has 5 nitrogen and oxygen atoms in total. The Morgan fingerprint density at radius 3 is 3.00 bits per heavy atom. The van der Waals surface area contributed by atoms with Crippen molar-refractivity contribution in [2.75, 3.05) is 27.2 Å². The highest BCUT2D eigenvalue weighted by molar-refractivity contribution is 5.01. The van der Waals surface area contributed by atoms with Gasteiger partial charge in [0.15, 0.2) is 5.82 Å². The number of likely N-dealkylation sites (N-methyl/N-ethyl adjacent to an activating group) is 1. The third kappa shape index (κ3) is 2.18. The van der Waals surface area contributed by atoms with Crippen LogP contribution in [0.25, 0.3) is 0 Å². The summed E-state index contributed by atoms with van der Waals surface area (Å²) in [7, 11) is 4.01. The highest BCUT2D eigenvalue weighted by Gasteiger charge is 2.26. The summed E-state index contributed by atoms with van der Waals surface area (Å²) in [5, 5.41) is 7.14. The number of hydrogen-bond donors (Lipinski definition) is 1. The van der Waals surface area contributed by atoms with Crippen LogP contribution in [0, 0.1) is 0 Å². The van der Waals surface area contributed by atoms with Crippen molar-refractivity contribution in [3.8, 4) is 0 Å². The van der Waals surface area contributed by atoms with E-state index >= 15 is 0 Å². The largest absolute Gasteiger partial charge is 0.338 e. The van der Waals surface area contributed by atoms with Gasteiger partial charge >= 0.3 is 0 Å². The van der Waals surface area contributed by atoms with Crippen molar-refractivity contribution in [3.05, 3.63) is 11.7 Å². The predicted octanol–water partition coefficient (Wildman–Crippen LogP) is 0.769. The first-order valence-electron chi connectivity index (χ1n) is 5.40. The second-order valence-electron chi connectivity index (χ2n) is 4.25. The zero-order chi connectivity index (χ0) is 10.8. The molecule has 2 rings (SSSR count). The summed E-state index contributed by atoms with van der Waals surface area (Å²) in [5.74, 6) is 1.98. The summed E-state index contributed by atoms with van der Waals surface area (Å²) in [5.41, 5.74) is 0. The van der Waals surface area contributed by atoms with Gasteiger partial charge < -0.3 is 14.7 Å². The van der Waals surface area contributed by atoms with Crippen LogP contribution < -0.4 is 5.32 Å². The van der Waals surface area contributed by atoms with Gasteiger partial charge in [0.1, 0.15) is 0 Å². The molecule has 1 aliphatic heterocycles. The lowest BCUT2D eigenvalue weighted by Gasteiger charge is -2.05. The lowest BCUT2D eigenvalue weighted by Crippen LogP contribution is -2.14. The minimum atomic E-state index is 0.130. The van der Waals surface area contributed by atoms with Crippen LogP contribution in [-0.2, 0) is 0 Å². The van der Waals surface area contributed by atoms with Crippen molar-refractivity contribution < 1.29 is 4.52 Å². The lowest BCUT2D eigenvalue weighted by molar-refractivity contribution is 0.340. The second-order valence-corrected chi connectivity index (χ2v) is 4.25. The normalized spacial score (nSPS) is 24.6. The molecule has 0 saturated carbocycles. The molecular weight excluding hydrogens is 192 g/mol. The van der Waals surface area contributed by atoms with E-state index in [2.05, 4.69) is 27.4 Å². The fourth-order valence-corrected chi connectivity index (χ4v) is 1.86. The molecule has 84 valence electrons. The number of likely N-dealkylation sites (tertiary alicyclic amines) is 1. The minimum Gasteiger partial charge on any atom is -0.338 e. The van der Waals surface area contributed by atoms with Crippen molar-refractivity contribution >= 4 is 0 Å². The number of aromatic nitrogens is 2. The van der Waals surface area contributed by atoms with Crippen LogP contribution in [0.2, 0.25) is 0 Å². The average molecular weight is 210 g/mol. The van der Waals surface area contributed by atoms with Crippen molar-refractivity contribution in [1.29, 1.82) is 0 Å². The van der Waals surface area contributed by atoms with E-state index in [1.165, 1.54) is 0 Å². The Bertz CT molecular complexity index is 325. The molecule has 1 aliphatic rings. The Kier molecular flexibility index (Phi) is 3.02. The average Bonchev–Trinajstić information content (AvgIpc) is 2.84. The summed E-state index contributed by atoms with van der Waals surface area (Å²) < 4.78 is 5.22. The van der Waals surface area contributed by atoms with Crippen molar-refractivity contribution in [2.24, 2.45) is 0 Å². The molecule has 0 radical (unpaired) electrons. The van der Waals surface area contributed by atoms with Gasteiger partial charge in [-0.15, -0.1) is 0 Å². The summed E-state index contributed by atoms with van der Waals surface area (Å²) >= 11 is 0. The van der Waals surface area contributed by atoms with Crippen LogP contribution >= 0.6 is 0 Å². The third-order valence-corrected chi connectivity index (χ3v) is 3.02. The molecule has 1 fully saturated rings. The Balaban J connectivity index is 2.07. The fraction of sp³-hybridized carbons (Fsp3) is 0.800. The Hall–Kier alpha value is -0.940. The van der Waals surface area contributed by atoms with Crippen molar-refractivity contribution in [1.82, 2.24) is 20.4 Å². The Morgan fingerprint density at radius 1 is 1.60 bits per heavy atom. The topological polar surface area (TPSA) is 54.2 Å². The van der Waals surface area contributed by atoms with Gasteiger partial charge in [-0.05, 0) is 34.0 Å². The van der Waals surface area contributed by atoms with E-state index in [4.69, 9.17) is 4.52 Å². The molecule has 1 N–H and O–H groups in total. The Labute approximate surface area is 89.8 Å². The molecule has 5 heteroatoms. The molecule has 0 bridgehead atoms. The molecule has 15 heavy (non-hydrogen) atoms. The van der Waals surface area contributed by atoms with Crippen LogP contribution in [-0.4, -0.2) is 42.2 Å². The van der Waals surface area contributed by atoms with Crippen molar-refractivity contribution in [3.63, 3.8) is 0 Å². The van der Waals surface area contributed by atoms with E-state index in [0.717, 1.165) is 25.3 Å². The summed E-state index contributed by atoms with van der Waals surface area (Å²) in [4.78, 5) is 6.72. The summed E-state index contributed by atoms with van der Waals surface area (Å²) in [6.45, 7) is 4.17. The van der Waals surface area contributed by atoms with Gasteiger partial charge in [-0.1, -0.05) is 5.16 Å². The second kappa shape index (κ2) is 4.28. The molecule has 0 amide bonds. The quantitative estimate of drug-likeness (QED) is 0.798. The third-order valence-electron chi connectivity index (χ3n) is 3.02. The molecule has 1 saturated heterocycles. The van der Waals surface area contributed by atoms with Crippen LogP contribution in [0.4, 0.5) is 0 Å². The lowest BCUT2D eigenvalue weighted by atomic mass is 10.1. The maximum Gasteiger partial charge on any atom is 0.243 e. The first-order valence-corrected chi connectivity index (χ1v) is 5.40. The van der Waals surface area contributed by atoms with E-state index < -0.39 is 0 Å². The van der Waals surface area contributed by atoms with Crippen LogP contribution in [0.5, 0.6) is 0 Å². The summed E-state index contributed by atoms with van der Waals surface area (Å²) in [6, 6.07) is 0.130. The predicted molar refractivity (Wildman–Crippen MR) is 56.6 cm³/mol. The van der Waals surface area contributed by atoms with Crippen LogP contribution in [0.1, 0.15) is 37.0 Å². The van der Waals surface area contributed by atoms with Gasteiger partial charge in [-0.2, -0.15) is 4.98 Å². The molecule has 0 aliphatic carbocycles. The fourth-order valence-electron chi connectivity index (χ4n) is 1.86. The van der Waals surface area contributed by atoms with Crippen LogP contribution in [0.3, 0.4) is 0 Å². The zero-order valence-corrected chi connectivity index (χ0v) is 9.53. The van der Waals surface area contributed by atoms with Crippen molar-refractivity contribution in [2.45, 2.75) is 25.3 Å². The SMILES string of the molecule is CNC(C)c1nc(C2CCN(C)C2)no1. The van der Waals surface area contributed by atoms with Gasteiger partial charge in [0.25, 0.3) is 0 Å². The molecule has 2 heterocycles. The maximum atomic E-state index is 5.22. The van der Waals surface area contributed by atoms with Gasteiger partial charge in [0, 0.05) is 12.5 Å². The first kappa shape index (κ1) is 10.6. The van der Waals surface area contributed by atoms with E-state index in [-0.39, 0.29) is 6.04 Å². The van der Waals surface area contributed by atoms with E-state index in [1.54, 1.807) is 0 Å². The number of rotatable bonds is 3. The molecule has 0 aromatic carbocycles. The number of nitrogens with one attached hydrogen (secondary N) is 1. The molecule has 1 aromatic rings. The maximum absolute atomic E-state index is 5.22. The van der Waals surface area contributed by atoms with Gasteiger partial charge in [-0.25, -0.2) is 0 Å². The Morgan fingerprint density at radius 2 is 2.40 bits per heavy atom. The monoisotopic (exact) mass is 210 g/mol. The van der Waals surface area contributed by atoms with Gasteiger partial charge in [-0.3, -0.25) is 0 Å². The van der Waals surface area contributed by atoms with E-state index in [1.807, 2.05) is 14.0 Å². The molecular formula is C10H18N4O. The minimum absolute atomic E-state index is 0.130. The molecule has 1 aromatic heterocycles. The zero-order valence-electron chi connectivity index (χ0n) is 9.53. The highest BCUT2D eigenvalue weighted by atomic mass is 16.5. The molecule has 2 atom stereocenters. The smallest absolute Gasteiger partial charge is 0.243 e. The van der Waals surface area contributed by atoms with Gasteiger partial charge in [0.05, 0.1) is 6.04 Å².